The van der Waals surface area contributed by atoms with Crippen molar-refractivity contribution >= 4 is 17.3 Å². The molecule has 0 bridgehead atoms. The number of aliphatic hydroxyl groups is 1. The SMILES string of the molecule is CC(C)(C)N=C1CC(c2ccccc2)CC(=O)/C1=C(/O)CCc1noc2c1C(=O)CC(c1ccccc1)C2. The number of hydrogen-bond donors (Lipinski definition) is 1. The lowest BCUT2D eigenvalue weighted by Crippen LogP contribution is -2.29. The van der Waals surface area contributed by atoms with Gasteiger partial charge in [-0.3, -0.25) is 14.6 Å². The maximum atomic E-state index is 13.3. The normalized spacial score (nSPS) is 22.4. The van der Waals surface area contributed by atoms with Gasteiger partial charge in [0.2, 0.25) is 0 Å². The molecule has 0 radical (unpaired) electrons. The lowest BCUT2D eigenvalue weighted by Gasteiger charge is -2.28. The Hall–Kier alpha value is -3.80. The van der Waals surface area contributed by atoms with Crippen LogP contribution in [0.5, 0.6) is 0 Å². The Labute approximate surface area is 223 Å². The van der Waals surface area contributed by atoms with Crippen LogP contribution in [0.25, 0.3) is 0 Å². The maximum absolute atomic E-state index is 13.3. The van der Waals surface area contributed by atoms with Gasteiger partial charge < -0.3 is 9.63 Å². The van der Waals surface area contributed by atoms with Gasteiger partial charge in [0.1, 0.15) is 11.5 Å². The molecule has 3 aromatic rings. The number of ketones is 2. The zero-order valence-corrected chi connectivity index (χ0v) is 22.2. The molecule has 1 N–H and O–H groups in total. The van der Waals surface area contributed by atoms with Gasteiger partial charge in [0.05, 0.1) is 28.1 Å². The highest BCUT2D eigenvalue weighted by molar-refractivity contribution is 6.25. The van der Waals surface area contributed by atoms with Crippen LogP contribution in [0.3, 0.4) is 0 Å². The molecule has 2 atom stereocenters. The fourth-order valence-electron chi connectivity index (χ4n) is 5.62. The van der Waals surface area contributed by atoms with E-state index in [-0.39, 0.29) is 35.6 Å². The van der Waals surface area contributed by atoms with Gasteiger partial charge in [0.15, 0.2) is 11.6 Å². The van der Waals surface area contributed by atoms with Gasteiger partial charge in [0, 0.05) is 32.1 Å². The molecule has 6 nitrogen and oxygen atoms in total. The molecule has 1 heterocycles. The van der Waals surface area contributed by atoms with Gasteiger partial charge in [-0.25, -0.2) is 0 Å². The molecule has 2 unspecified atom stereocenters. The molecule has 0 amide bonds. The zero-order chi connectivity index (χ0) is 26.9. The Morgan fingerprint density at radius 2 is 1.47 bits per heavy atom. The van der Waals surface area contributed by atoms with Crippen LogP contribution in [-0.4, -0.2) is 33.1 Å². The Bertz CT molecular complexity index is 1390. The number of benzene rings is 2. The third-order valence-electron chi connectivity index (χ3n) is 7.31. The van der Waals surface area contributed by atoms with Gasteiger partial charge in [-0.05, 0) is 50.2 Å². The summed E-state index contributed by atoms with van der Waals surface area (Å²) in [6.07, 6.45) is 2.44. The molecule has 196 valence electrons. The summed E-state index contributed by atoms with van der Waals surface area (Å²) >= 11 is 0. The average molecular weight is 511 g/mol. The van der Waals surface area contributed by atoms with Crippen molar-refractivity contribution in [1.29, 1.82) is 0 Å². The molecule has 2 aliphatic carbocycles. The van der Waals surface area contributed by atoms with Crippen LogP contribution >= 0.6 is 0 Å². The molecule has 2 aliphatic rings. The number of hydrogen-bond acceptors (Lipinski definition) is 6. The second-order valence-corrected chi connectivity index (χ2v) is 11.4. The molecule has 0 aliphatic heterocycles. The van der Waals surface area contributed by atoms with E-state index in [2.05, 4.69) is 5.16 Å². The minimum atomic E-state index is -0.396. The monoisotopic (exact) mass is 510 g/mol. The predicted molar refractivity (Wildman–Crippen MR) is 147 cm³/mol. The fourth-order valence-corrected chi connectivity index (χ4v) is 5.62. The summed E-state index contributed by atoms with van der Waals surface area (Å²) in [6.45, 7) is 5.96. The van der Waals surface area contributed by atoms with E-state index >= 15 is 0 Å². The van der Waals surface area contributed by atoms with Gasteiger partial charge in [-0.1, -0.05) is 65.8 Å². The van der Waals surface area contributed by atoms with Crippen molar-refractivity contribution in [2.24, 2.45) is 4.99 Å². The van der Waals surface area contributed by atoms with Crippen molar-refractivity contribution in [3.05, 3.63) is 100 Å². The van der Waals surface area contributed by atoms with E-state index in [1.807, 2.05) is 81.4 Å². The minimum absolute atomic E-state index is 0.00619. The van der Waals surface area contributed by atoms with Gasteiger partial charge >= 0.3 is 0 Å². The highest BCUT2D eigenvalue weighted by Gasteiger charge is 2.35. The topological polar surface area (TPSA) is 92.8 Å². The van der Waals surface area contributed by atoms with Gasteiger partial charge in [-0.2, -0.15) is 0 Å². The summed E-state index contributed by atoms with van der Waals surface area (Å²) in [5, 5.41) is 15.4. The summed E-state index contributed by atoms with van der Waals surface area (Å²) in [5.74, 6) is 0.617. The third kappa shape index (κ3) is 5.54. The van der Waals surface area contributed by atoms with E-state index in [1.54, 1.807) is 0 Å². The Kier molecular flexibility index (Phi) is 7.15. The molecule has 6 heteroatoms. The van der Waals surface area contributed by atoms with Crippen LogP contribution in [0.1, 0.15) is 91.2 Å². The smallest absolute Gasteiger partial charge is 0.168 e. The summed E-state index contributed by atoms with van der Waals surface area (Å²) < 4.78 is 5.60. The molecule has 0 spiro atoms. The number of aryl methyl sites for hydroxylation is 1. The largest absolute Gasteiger partial charge is 0.511 e. The van der Waals surface area contributed by atoms with E-state index in [1.165, 1.54) is 0 Å². The molecule has 1 fully saturated rings. The molecule has 38 heavy (non-hydrogen) atoms. The second-order valence-electron chi connectivity index (χ2n) is 11.4. The van der Waals surface area contributed by atoms with Crippen molar-refractivity contribution in [3.8, 4) is 0 Å². The summed E-state index contributed by atoms with van der Waals surface area (Å²) in [5.41, 5.74) is 3.86. The van der Waals surface area contributed by atoms with E-state index in [4.69, 9.17) is 9.52 Å². The Morgan fingerprint density at radius 1 is 0.895 bits per heavy atom. The van der Waals surface area contributed by atoms with Crippen molar-refractivity contribution in [2.45, 2.75) is 76.7 Å². The molecular weight excluding hydrogens is 476 g/mol. The molecule has 0 saturated heterocycles. The maximum Gasteiger partial charge on any atom is 0.168 e. The Morgan fingerprint density at radius 3 is 2.08 bits per heavy atom. The number of carbonyl (C=O) groups excluding carboxylic acids is 2. The number of aliphatic imine (C=N–C) groups is 1. The van der Waals surface area contributed by atoms with Crippen LogP contribution in [0.2, 0.25) is 0 Å². The number of nitrogens with zero attached hydrogens (tertiary/aromatic N) is 2. The number of Topliss-reactive ketones (excluding diaryl/α,β-unsaturated/α-hetero) is 2. The van der Waals surface area contributed by atoms with E-state index in [0.717, 1.165) is 11.1 Å². The van der Waals surface area contributed by atoms with Crippen molar-refractivity contribution in [3.63, 3.8) is 0 Å². The number of fused-ring (bicyclic) bond motifs is 1. The quantitative estimate of drug-likeness (QED) is 0.304. The Balaban J connectivity index is 1.37. The van der Waals surface area contributed by atoms with Crippen molar-refractivity contribution < 1.29 is 19.2 Å². The van der Waals surface area contributed by atoms with Crippen LogP contribution < -0.4 is 0 Å². The van der Waals surface area contributed by atoms with E-state index < -0.39 is 5.54 Å². The van der Waals surface area contributed by atoms with Crippen LogP contribution in [-0.2, 0) is 17.6 Å². The van der Waals surface area contributed by atoms with E-state index in [9.17, 15) is 14.7 Å². The first-order chi connectivity index (χ1) is 18.2. The summed E-state index contributed by atoms with van der Waals surface area (Å²) in [4.78, 5) is 31.3. The highest BCUT2D eigenvalue weighted by atomic mass is 16.5. The average Bonchev–Trinajstić information content (AvgIpc) is 3.31. The fraction of sp³-hybridized carbons (Fsp3) is 0.375. The number of rotatable bonds is 5. The summed E-state index contributed by atoms with van der Waals surface area (Å²) in [7, 11) is 0. The highest BCUT2D eigenvalue weighted by Crippen LogP contribution is 2.36. The first-order valence-corrected chi connectivity index (χ1v) is 13.3. The van der Waals surface area contributed by atoms with Gasteiger partial charge in [-0.15, -0.1) is 0 Å². The lowest BCUT2D eigenvalue weighted by molar-refractivity contribution is -0.116. The first kappa shape index (κ1) is 25.8. The van der Waals surface area contributed by atoms with Crippen LogP contribution in [0.4, 0.5) is 0 Å². The second kappa shape index (κ2) is 10.5. The van der Waals surface area contributed by atoms with Crippen LogP contribution in [0, 0.1) is 0 Å². The molecular formula is C32H34N2O4. The van der Waals surface area contributed by atoms with Crippen molar-refractivity contribution in [2.75, 3.05) is 0 Å². The minimum Gasteiger partial charge on any atom is -0.511 e. The number of allylic oxidation sites excluding steroid dienone is 2. The third-order valence-corrected chi connectivity index (χ3v) is 7.31. The van der Waals surface area contributed by atoms with Crippen molar-refractivity contribution in [1.82, 2.24) is 5.16 Å². The first-order valence-electron chi connectivity index (χ1n) is 13.3. The standard InChI is InChI=1S/C32H34N2O4/c1-32(2,3)33-25-16-22(20-10-6-4-7-11-20)17-27(36)30(25)26(35)15-14-24-31-28(37)18-23(19-29(31)38-34-24)21-12-8-5-9-13-21/h4-13,22-23,35H,14-19H2,1-3H3/b30-26+,33-25?. The predicted octanol–water partition coefficient (Wildman–Crippen LogP) is 6.72. The lowest BCUT2D eigenvalue weighted by atomic mass is 9.78. The van der Waals surface area contributed by atoms with E-state index in [0.29, 0.717) is 60.4 Å². The molecule has 5 rings (SSSR count). The number of carbonyl (C=O) groups is 2. The number of aliphatic hydroxyl groups excluding tert-OH is 1. The molecule has 2 aromatic carbocycles. The summed E-state index contributed by atoms with van der Waals surface area (Å²) in [6, 6.07) is 20.0. The molecule has 1 aromatic heterocycles. The van der Waals surface area contributed by atoms with Gasteiger partial charge in [0.25, 0.3) is 0 Å². The van der Waals surface area contributed by atoms with Crippen LogP contribution in [0.15, 0.2) is 81.5 Å². The molecule has 1 saturated carbocycles. The zero-order valence-electron chi connectivity index (χ0n) is 22.2. The number of aromatic nitrogens is 1.